The molecule has 0 aliphatic carbocycles. The van der Waals surface area contributed by atoms with Gasteiger partial charge in [0.05, 0.1) is 13.7 Å². The maximum Gasteiger partial charge on any atom is 0.268 e. The van der Waals surface area contributed by atoms with E-state index in [-0.39, 0.29) is 11.1 Å². The minimum absolute atomic E-state index is 0.205. The van der Waals surface area contributed by atoms with Crippen LogP contribution in [-0.4, -0.2) is 18.2 Å². The van der Waals surface area contributed by atoms with E-state index in [0.29, 0.717) is 13.1 Å². The van der Waals surface area contributed by atoms with Gasteiger partial charge in [0, 0.05) is 25.2 Å². The molecule has 0 saturated carbocycles. The fraction of sp³-hybridized carbons (Fsp3) is 0.294. The number of ether oxygens (including phenoxy) is 1. The molecule has 112 valence electrons. The van der Waals surface area contributed by atoms with Gasteiger partial charge < -0.3 is 14.6 Å². The van der Waals surface area contributed by atoms with Crippen LogP contribution in [0, 0.1) is 11.3 Å². The Bertz CT molecular complexity index is 785. The van der Waals surface area contributed by atoms with Gasteiger partial charge in [0.25, 0.3) is 5.56 Å². The standard InChI is InChI=1S/C17H17N3O2/c1-22-15-4-2-12(3-5-15)11-20-16-6-7-19-10-14(16)8-13(9-18)17(20)21/h2-5,8,19H,6-7,10-11H2,1H3. The number of pyridine rings is 1. The zero-order valence-electron chi connectivity index (χ0n) is 12.4. The van der Waals surface area contributed by atoms with Gasteiger partial charge in [-0.05, 0) is 29.3 Å². The normalized spacial score (nSPS) is 13.3. The van der Waals surface area contributed by atoms with Gasteiger partial charge in [0.2, 0.25) is 0 Å². The summed E-state index contributed by atoms with van der Waals surface area (Å²) < 4.78 is 6.88. The lowest BCUT2D eigenvalue weighted by Gasteiger charge is -2.22. The first-order chi connectivity index (χ1) is 10.7. The second-order valence-electron chi connectivity index (χ2n) is 5.31. The number of nitrogens with zero attached hydrogens (tertiary/aromatic N) is 2. The maximum absolute atomic E-state index is 12.5. The van der Waals surface area contributed by atoms with Crippen LogP contribution in [0.1, 0.15) is 22.4 Å². The predicted molar refractivity (Wildman–Crippen MR) is 82.9 cm³/mol. The molecular weight excluding hydrogens is 278 g/mol. The number of rotatable bonds is 3. The third-order valence-electron chi connectivity index (χ3n) is 3.96. The van der Waals surface area contributed by atoms with Crippen molar-refractivity contribution in [3.8, 4) is 11.8 Å². The zero-order valence-corrected chi connectivity index (χ0v) is 12.4. The average Bonchev–Trinajstić information content (AvgIpc) is 2.57. The lowest BCUT2D eigenvalue weighted by molar-refractivity contribution is 0.414. The first kappa shape index (κ1) is 14.4. The van der Waals surface area contributed by atoms with Crippen molar-refractivity contribution in [2.75, 3.05) is 13.7 Å². The zero-order chi connectivity index (χ0) is 15.5. The minimum Gasteiger partial charge on any atom is -0.497 e. The van der Waals surface area contributed by atoms with Crippen molar-refractivity contribution < 1.29 is 4.74 Å². The monoisotopic (exact) mass is 295 g/mol. The van der Waals surface area contributed by atoms with Crippen LogP contribution >= 0.6 is 0 Å². The van der Waals surface area contributed by atoms with Crippen molar-refractivity contribution in [3.05, 3.63) is 63.1 Å². The van der Waals surface area contributed by atoms with Crippen LogP contribution in [0.25, 0.3) is 0 Å². The van der Waals surface area contributed by atoms with Gasteiger partial charge in [-0.3, -0.25) is 4.79 Å². The van der Waals surface area contributed by atoms with Gasteiger partial charge in [0.1, 0.15) is 17.4 Å². The summed E-state index contributed by atoms with van der Waals surface area (Å²) in [7, 11) is 1.62. The lowest BCUT2D eigenvalue weighted by atomic mass is 10.0. The second kappa shape index (κ2) is 6.04. The first-order valence-corrected chi connectivity index (χ1v) is 7.22. The average molecular weight is 295 g/mol. The highest BCUT2D eigenvalue weighted by Crippen LogP contribution is 2.17. The van der Waals surface area contributed by atoms with E-state index < -0.39 is 0 Å². The molecule has 1 aliphatic rings. The molecular formula is C17H17N3O2. The Labute approximate surface area is 128 Å². The fourth-order valence-electron chi connectivity index (χ4n) is 2.80. The van der Waals surface area contributed by atoms with Gasteiger partial charge >= 0.3 is 0 Å². The number of hydrogen-bond donors (Lipinski definition) is 1. The number of methoxy groups -OCH3 is 1. The van der Waals surface area contributed by atoms with E-state index in [1.165, 1.54) is 0 Å². The third-order valence-corrected chi connectivity index (χ3v) is 3.96. The molecule has 1 N–H and O–H groups in total. The van der Waals surface area contributed by atoms with Gasteiger partial charge in [-0.2, -0.15) is 5.26 Å². The Kier molecular flexibility index (Phi) is 3.94. The van der Waals surface area contributed by atoms with Crippen LogP contribution in [0.15, 0.2) is 35.1 Å². The van der Waals surface area contributed by atoms with Crippen molar-refractivity contribution >= 4 is 0 Å². The van der Waals surface area contributed by atoms with E-state index in [9.17, 15) is 10.1 Å². The summed E-state index contributed by atoms with van der Waals surface area (Å²) in [4.78, 5) is 12.5. The smallest absolute Gasteiger partial charge is 0.268 e. The van der Waals surface area contributed by atoms with E-state index in [1.54, 1.807) is 17.7 Å². The summed E-state index contributed by atoms with van der Waals surface area (Å²) in [6.45, 7) is 2.02. The molecule has 1 aliphatic heterocycles. The topological polar surface area (TPSA) is 67.0 Å². The van der Waals surface area contributed by atoms with Gasteiger partial charge in [-0.1, -0.05) is 12.1 Å². The SMILES string of the molecule is COc1ccc(Cn2c3c(cc(C#N)c2=O)CNCC3)cc1. The Morgan fingerprint density at radius 3 is 2.82 bits per heavy atom. The molecule has 3 rings (SSSR count). The molecule has 2 aromatic rings. The molecule has 0 bridgehead atoms. The fourth-order valence-corrected chi connectivity index (χ4v) is 2.80. The number of benzene rings is 1. The van der Waals surface area contributed by atoms with Crippen LogP contribution in [0.3, 0.4) is 0 Å². The molecule has 0 spiro atoms. The van der Waals surface area contributed by atoms with Crippen LogP contribution < -0.4 is 15.6 Å². The number of nitrogens with one attached hydrogen (secondary N) is 1. The highest BCUT2D eigenvalue weighted by Gasteiger charge is 2.17. The van der Waals surface area contributed by atoms with Gasteiger partial charge in [0.15, 0.2) is 0 Å². The molecule has 0 atom stereocenters. The van der Waals surface area contributed by atoms with Gasteiger partial charge in [-0.25, -0.2) is 0 Å². The van der Waals surface area contributed by atoms with E-state index in [4.69, 9.17) is 4.74 Å². The number of fused-ring (bicyclic) bond motifs is 1. The largest absolute Gasteiger partial charge is 0.497 e. The van der Waals surface area contributed by atoms with Crippen LogP contribution in [0.4, 0.5) is 0 Å². The van der Waals surface area contributed by atoms with Crippen molar-refractivity contribution in [1.82, 2.24) is 9.88 Å². The Morgan fingerprint density at radius 1 is 1.36 bits per heavy atom. The summed E-state index contributed by atoms with van der Waals surface area (Å²) in [6, 6.07) is 11.4. The first-order valence-electron chi connectivity index (χ1n) is 7.22. The molecule has 0 radical (unpaired) electrons. The van der Waals surface area contributed by atoms with Crippen molar-refractivity contribution in [2.24, 2.45) is 0 Å². The molecule has 1 aromatic carbocycles. The molecule has 22 heavy (non-hydrogen) atoms. The van der Waals surface area contributed by atoms with Crippen molar-refractivity contribution in [2.45, 2.75) is 19.5 Å². The lowest BCUT2D eigenvalue weighted by Crippen LogP contribution is -2.34. The van der Waals surface area contributed by atoms with E-state index in [0.717, 1.165) is 35.5 Å². The molecule has 2 heterocycles. The Hall–Kier alpha value is -2.58. The van der Waals surface area contributed by atoms with E-state index >= 15 is 0 Å². The van der Waals surface area contributed by atoms with Gasteiger partial charge in [-0.15, -0.1) is 0 Å². The maximum atomic E-state index is 12.5. The molecule has 0 unspecified atom stereocenters. The molecule has 0 fully saturated rings. The summed E-state index contributed by atoms with van der Waals surface area (Å²) in [5.41, 5.74) is 3.07. The van der Waals surface area contributed by atoms with Crippen molar-refractivity contribution in [1.29, 1.82) is 5.26 Å². The van der Waals surface area contributed by atoms with E-state index in [1.807, 2.05) is 30.3 Å². The number of aromatic nitrogens is 1. The Morgan fingerprint density at radius 2 is 2.14 bits per heavy atom. The van der Waals surface area contributed by atoms with Crippen LogP contribution in [0.5, 0.6) is 5.75 Å². The number of nitriles is 1. The van der Waals surface area contributed by atoms with Crippen LogP contribution in [0.2, 0.25) is 0 Å². The number of hydrogen-bond acceptors (Lipinski definition) is 4. The third kappa shape index (κ3) is 2.61. The quantitative estimate of drug-likeness (QED) is 0.930. The summed E-state index contributed by atoms with van der Waals surface area (Å²) in [5, 5.41) is 12.5. The second-order valence-corrected chi connectivity index (χ2v) is 5.31. The highest BCUT2D eigenvalue weighted by molar-refractivity contribution is 5.36. The van der Waals surface area contributed by atoms with Crippen molar-refractivity contribution in [3.63, 3.8) is 0 Å². The molecule has 5 heteroatoms. The summed E-state index contributed by atoms with van der Waals surface area (Å²) >= 11 is 0. The van der Waals surface area contributed by atoms with E-state index in [2.05, 4.69) is 5.32 Å². The highest BCUT2D eigenvalue weighted by atomic mass is 16.5. The van der Waals surface area contributed by atoms with Crippen LogP contribution in [-0.2, 0) is 19.5 Å². The summed E-state index contributed by atoms with van der Waals surface area (Å²) in [6.07, 6.45) is 0.798. The Balaban J connectivity index is 2.05. The summed E-state index contributed by atoms with van der Waals surface area (Å²) in [5.74, 6) is 0.785. The molecule has 0 amide bonds. The predicted octanol–water partition coefficient (Wildman–Crippen LogP) is 1.42. The molecule has 5 nitrogen and oxygen atoms in total. The minimum atomic E-state index is -0.209. The molecule has 1 aromatic heterocycles. The molecule has 0 saturated heterocycles.